The molecule has 122 valence electrons. The van der Waals surface area contributed by atoms with Crippen molar-refractivity contribution < 1.29 is 9.59 Å². The number of nitrogens with zero attached hydrogens (tertiary/aromatic N) is 1. The zero-order chi connectivity index (χ0) is 15.8. The van der Waals surface area contributed by atoms with E-state index in [1.54, 1.807) is 0 Å². The number of carbonyl (C=O) groups is 2. The minimum Gasteiger partial charge on any atom is -0.356 e. The number of likely N-dealkylation sites (tertiary alicyclic amines) is 1. The predicted octanol–water partition coefficient (Wildman–Crippen LogP) is 2.82. The molecule has 1 aliphatic heterocycles. The van der Waals surface area contributed by atoms with Gasteiger partial charge >= 0.3 is 0 Å². The van der Waals surface area contributed by atoms with Gasteiger partial charge in [0.25, 0.3) is 0 Å². The molecule has 0 atom stereocenters. The third kappa shape index (κ3) is 6.96. The van der Waals surface area contributed by atoms with Crippen LogP contribution in [0.25, 0.3) is 0 Å². The van der Waals surface area contributed by atoms with Gasteiger partial charge in [-0.25, -0.2) is 0 Å². The second-order valence-corrected chi connectivity index (χ2v) is 7.06. The van der Waals surface area contributed by atoms with Gasteiger partial charge in [-0.2, -0.15) is 0 Å². The lowest BCUT2D eigenvalue weighted by atomic mass is 9.95. The Morgan fingerprint density at radius 2 is 1.62 bits per heavy atom. The number of carbonyl (C=O) groups excluding carboxylic acids is 2. The Balaban J connectivity index is 2.25. The quantitative estimate of drug-likeness (QED) is 0.785. The largest absolute Gasteiger partial charge is 0.356 e. The summed E-state index contributed by atoms with van der Waals surface area (Å²) >= 11 is 0. The second kappa shape index (κ2) is 9.06. The van der Waals surface area contributed by atoms with E-state index < -0.39 is 0 Å². The van der Waals surface area contributed by atoms with Crippen LogP contribution in [0.15, 0.2) is 0 Å². The lowest BCUT2D eigenvalue weighted by Gasteiger charge is -2.31. The van der Waals surface area contributed by atoms with E-state index in [0.717, 1.165) is 45.3 Å². The molecule has 1 N–H and O–H groups in total. The van der Waals surface area contributed by atoms with E-state index in [4.69, 9.17) is 0 Å². The highest BCUT2D eigenvalue weighted by Gasteiger charge is 2.26. The fraction of sp³-hybridized carbons (Fsp3) is 0.882. The van der Waals surface area contributed by atoms with E-state index >= 15 is 0 Å². The van der Waals surface area contributed by atoms with Gasteiger partial charge in [0.1, 0.15) is 0 Å². The summed E-state index contributed by atoms with van der Waals surface area (Å²) in [6, 6.07) is 0. The molecule has 0 aromatic carbocycles. The van der Waals surface area contributed by atoms with E-state index in [9.17, 15) is 9.59 Å². The molecule has 0 unspecified atom stereocenters. The number of piperidine rings is 1. The van der Waals surface area contributed by atoms with Gasteiger partial charge in [0.2, 0.25) is 11.8 Å². The molecule has 1 rings (SSSR count). The molecular formula is C17H32N2O2. The van der Waals surface area contributed by atoms with Crippen LogP contribution < -0.4 is 5.32 Å². The first-order valence-electron chi connectivity index (χ1n) is 8.45. The van der Waals surface area contributed by atoms with Crippen molar-refractivity contribution in [3.05, 3.63) is 0 Å². The van der Waals surface area contributed by atoms with Crippen LogP contribution in [0.4, 0.5) is 0 Å². The van der Waals surface area contributed by atoms with Crippen LogP contribution in [0.5, 0.6) is 0 Å². The minimum absolute atomic E-state index is 0.0892. The van der Waals surface area contributed by atoms with Gasteiger partial charge < -0.3 is 10.2 Å². The van der Waals surface area contributed by atoms with E-state index in [0.29, 0.717) is 18.3 Å². The highest BCUT2D eigenvalue weighted by atomic mass is 16.2. The molecule has 1 saturated heterocycles. The van der Waals surface area contributed by atoms with Crippen molar-refractivity contribution in [1.29, 1.82) is 0 Å². The van der Waals surface area contributed by atoms with E-state index in [1.807, 2.05) is 4.90 Å². The summed E-state index contributed by atoms with van der Waals surface area (Å²) in [5.74, 6) is 1.70. The number of nitrogens with one attached hydrogen (secondary N) is 1. The van der Waals surface area contributed by atoms with Gasteiger partial charge in [0.15, 0.2) is 0 Å². The van der Waals surface area contributed by atoms with Gasteiger partial charge in [-0.3, -0.25) is 9.59 Å². The predicted molar refractivity (Wildman–Crippen MR) is 85.8 cm³/mol. The van der Waals surface area contributed by atoms with Crippen molar-refractivity contribution in [1.82, 2.24) is 10.2 Å². The molecule has 0 aliphatic carbocycles. The van der Waals surface area contributed by atoms with Crippen LogP contribution in [-0.4, -0.2) is 36.3 Å². The Morgan fingerprint density at radius 3 is 2.14 bits per heavy atom. The molecule has 1 fully saturated rings. The molecule has 21 heavy (non-hydrogen) atoms. The normalized spacial score (nSPS) is 16.6. The number of rotatable bonds is 7. The Morgan fingerprint density at radius 1 is 1.05 bits per heavy atom. The third-order valence-corrected chi connectivity index (χ3v) is 4.17. The number of hydrogen-bond donors (Lipinski definition) is 1. The summed E-state index contributed by atoms with van der Waals surface area (Å²) < 4.78 is 0. The Bertz CT molecular complexity index is 332. The molecule has 1 heterocycles. The molecular weight excluding hydrogens is 264 g/mol. The molecule has 0 radical (unpaired) electrons. The molecule has 1 aliphatic rings. The maximum Gasteiger partial charge on any atom is 0.223 e. The zero-order valence-electron chi connectivity index (χ0n) is 14.2. The first-order valence-corrected chi connectivity index (χ1v) is 8.45. The average molecular weight is 296 g/mol. The Hall–Kier alpha value is -1.06. The SMILES string of the molecule is CC(C)CCNC(=O)C1CCN(C(=O)CCC(C)C)CC1. The van der Waals surface area contributed by atoms with Gasteiger partial charge in [-0.05, 0) is 37.5 Å². The summed E-state index contributed by atoms with van der Waals surface area (Å²) in [4.78, 5) is 26.0. The smallest absolute Gasteiger partial charge is 0.223 e. The average Bonchev–Trinajstić information content (AvgIpc) is 2.44. The fourth-order valence-electron chi connectivity index (χ4n) is 2.59. The van der Waals surface area contributed by atoms with Crippen LogP contribution >= 0.6 is 0 Å². The van der Waals surface area contributed by atoms with Crippen molar-refractivity contribution in [3.63, 3.8) is 0 Å². The van der Waals surface area contributed by atoms with Gasteiger partial charge in [0.05, 0.1) is 0 Å². The maximum absolute atomic E-state index is 12.1. The summed E-state index contributed by atoms with van der Waals surface area (Å²) in [5.41, 5.74) is 0. The lowest BCUT2D eigenvalue weighted by Crippen LogP contribution is -2.43. The summed E-state index contributed by atoms with van der Waals surface area (Å²) in [7, 11) is 0. The molecule has 0 spiro atoms. The molecule has 4 heteroatoms. The summed E-state index contributed by atoms with van der Waals surface area (Å²) in [6.07, 6.45) is 4.23. The van der Waals surface area contributed by atoms with Crippen LogP contribution in [0.3, 0.4) is 0 Å². The van der Waals surface area contributed by atoms with Crippen LogP contribution in [-0.2, 0) is 9.59 Å². The van der Waals surface area contributed by atoms with Gasteiger partial charge in [-0.15, -0.1) is 0 Å². The first-order chi connectivity index (χ1) is 9.90. The monoisotopic (exact) mass is 296 g/mol. The molecule has 0 aromatic rings. The van der Waals surface area contributed by atoms with Crippen LogP contribution in [0, 0.1) is 17.8 Å². The third-order valence-electron chi connectivity index (χ3n) is 4.17. The van der Waals surface area contributed by atoms with Crippen LogP contribution in [0.1, 0.15) is 59.8 Å². The van der Waals surface area contributed by atoms with Crippen molar-refractivity contribution in [2.24, 2.45) is 17.8 Å². The first kappa shape index (κ1) is 18.0. The molecule has 4 nitrogen and oxygen atoms in total. The Labute approximate surface area is 129 Å². The second-order valence-electron chi connectivity index (χ2n) is 7.06. The van der Waals surface area contributed by atoms with Crippen molar-refractivity contribution in [3.8, 4) is 0 Å². The molecule has 0 bridgehead atoms. The molecule has 2 amide bonds. The van der Waals surface area contributed by atoms with Crippen molar-refractivity contribution in [2.75, 3.05) is 19.6 Å². The Kier molecular flexibility index (Phi) is 7.76. The van der Waals surface area contributed by atoms with Crippen molar-refractivity contribution >= 4 is 11.8 Å². The van der Waals surface area contributed by atoms with Gasteiger partial charge in [-0.1, -0.05) is 27.7 Å². The zero-order valence-corrected chi connectivity index (χ0v) is 14.2. The lowest BCUT2D eigenvalue weighted by molar-refractivity contribution is -0.135. The molecule has 0 aromatic heterocycles. The summed E-state index contributed by atoms with van der Waals surface area (Å²) in [5, 5.41) is 3.03. The minimum atomic E-state index is 0.0892. The maximum atomic E-state index is 12.1. The summed E-state index contributed by atoms with van der Waals surface area (Å²) in [6.45, 7) is 10.8. The van der Waals surface area contributed by atoms with Gasteiger partial charge in [0, 0.05) is 32.0 Å². The van der Waals surface area contributed by atoms with E-state index in [-0.39, 0.29) is 17.7 Å². The number of amides is 2. The van der Waals surface area contributed by atoms with E-state index in [1.165, 1.54) is 0 Å². The standard InChI is InChI=1S/C17H32N2O2/c1-13(2)5-6-16(20)19-11-8-15(9-12-19)17(21)18-10-7-14(3)4/h13-15H,5-12H2,1-4H3,(H,18,21). The van der Waals surface area contributed by atoms with E-state index in [2.05, 4.69) is 33.0 Å². The van der Waals surface area contributed by atoms with Crippen molar-refractivity contribution in [2.45, 2.75) is 59.8 Å². The highest BCUT2D eigenvalue weighted by Crippen LogP contribution is 2.19. The highest BCUT2D eigenvalue weighted by molar-refractivity contribution is 5.80. The molecule has 0 saturated carbocycles. The van der Waals surface area contributed by atoms with Crippen LogP contribution in [0.2, 0.25) is 0 Å². The fourth-order valence-corrected chi connectivity index (χ4v) is 2.59. The number of hydrogen-bond acceptors (Lipinski definition) is 2. The topological polar surface area (TPSA) is 49.4 Å².